The van der Waals surface area contributed by atoms with Crippen molar-refractivity contribution in [3.8, 4) is 0 Å². The van der Waals surface area contributed by atoms with E-state index in [1.165, 1.54) is 0 Å². The quantitative estimate of drug-likeness (QED) is 0.752. The van der Waals surface area contributed by atoms with Crippen molar-refractivity contribution < 1.29 is 4.79 Å². The number of pyridine rings is 1. The Morgan fingerprint density at radius 1 is 1.08 bits per heavy atom. The predicted octanol–water partition coefficient (Wildman–Crippen LogP) is 3.06. The van der Waals surface area contributed by atoms with Gasteiger partial charge in [0.05, 0.1) is 17.4 Å². The molecule has 1 fully saturated rings. The monoisotopic (exact) mass is 368 g/mol. The number of hydrogen-bond donors (Lipinski definition) is 1. The Balaban J connectivity index is 1.45. The van der Waals surface area contributed by atoms with E-state index in [4.69, 9.17) is 0 Å². The number of rotatable bonds is 2. The van der Waals surface area contributed by atoms with Gasteiger partial charge in [-0.05, 0) is 37.1 Å². The number of nitrogens with one attached hydrogen (secondary N) is 1. The lowest BCUT2D eigenvalue weighted by molar-refractivity contribution is 0.208. The molecule has 134 valence electrons. The molecule has 0 bridgehead atoms. The van der Waals surface area contributed by atoms with Crippen LogP contribution in [0.3, 0.4) is 0 Å². The zero-order valence-electron chi connectivity index (χ0n) is 14.8. The molecule has 0 unspecified atom stereocenters. The van der Waals surface area contributed by atoms with Gasteiger partial charge in [0.25, 0.3) is 0 Å². The number of amides is 2. The minimum atomic E-state index is -0.0917. The number of fused-ring (bicyclic) bond motifs is 1. The molecular formula is C18H20N6OS. The summed E-state index contributed by atoms with van der Waals surface area (Å²) in [4.78, 5) is 21.3. The molecule has 0 aliphatic carbocycles. The number of hydrogen-bond acceptors (Lipinski definition) is 6. The normalized spacial score (nSPS) is 14.7. The summed E-state index contributed by atoms with van der Waals surface area (Å²) in [5, 5.41) is 3.03. The van der Waals surface area contributed by atoms with Crippen molar-refractivity contribution in [1.82, 2.24) is 18.6 Å². The Bertz CT molecular complexity index is 948. The van der Waals surface area contributed by atoms with Gasteiger partial charge in [-0.2, -0.15) is 8.75 Å². The lowest BCUT2D eigenvalue weighted by Crippen LogP contribution is -2.50. The van der Waals surface area contributed by atoms with Crippen LogP contribution in [-0.4, -0.2) is 50.8 Å². The van der Waals surface area contributed by atoms with E-state index in [2.05, 4.69) is 36.9 Å². The van der Waals surface area contributed by atoms with E-state index in [1.807, 2.05) is 36.2 Å². The average Bonchev–Trinajstić information content (AvgIpc) is 3.13. The number of urea groups is 1. The average molecular weight is 368 g/mol. The molecule has 0 atom stereocenters. The Morgan fingerprint density at radius 2 is 1.88 bits per heavy atom. The summed E-state index contributed by atoms with van der Waals surface area (Å²) in [6, 6.07) is 7.80. The summed E-state index contributed by atoms with van der Waals surface area (Å²) < 4.78 is 8.56. The van der Waals surface area contributed by atoms with Gasteiger partial charge in [0.15, 0.2) is 0 Å². The van der Waals surface area contributed by atoms with Gasteiger partial charge in [0.2, 0.25) is 0 Å². The highest BCUT2D eigenvalue weighted by atomic mass is 32.1. The van der Waals surface area contributed by atoms with Crippen molar-refractivity contribution in [3.05, 3.63) is 41.6 Å². The number of aromatic nitrogens is 3. The second kappa shape index (κ2) is 6.87. The molecule has 2 aromatic heterocycles. The van der Waals surface area contributed by atoms with Crippen molar-refractivity contribution >= 4 is 40.3 Å². The Hall–Kier alpha value is -2.74. The fourth-order valence-electron chi connectivity index (χ4n) is 3.23. The van der Waals surface area contributed by atoms with Crippen molar-refractivity contribution in [3.63, 3.8) is 0 Å². The first-order valence-electron chi connectivity index (χ1n) is 8.58. The third kappa shape index (κ3) is 3.08. The molecule has 8 heteroatoms. The van der Waals surface area contributed by atoms with Crippen LogP contribution in [0.1, 0.15) is 11.1 Å². The summed E-state index contributed by atoms with van der Waals surface area (Å²) in [6.07, 6.45) is 1.81. The molecule has 1 saturated heterocycles. The number of benzene rings is 1. The number of anilines is 2. The maximum atomic E-state index is 12.7. The van der Waals surface area contributed by atoms with Crippen LogP contribution in [0.4, 0.5) is 16.3 Å². The molecule has 3 heterocycles. The SMILES string of the molecule is Cc1cccnc1N1CCN(C(=O)Nc2c(C)ccc3nsnc23)CC1. The van der Waals surface area contributed by atoms with Crippen LogP contribution < -0.4 is 10.2 Å². The standard InChI is InChI=1S/C18H20N6OS/c1-12-5-6-14-16(22-26-21-14)15(12)20-18(25)24-10-8-23(9-11-24)17-13(2)4-3-7-19-17/h3-7H,8-11H2,1-2H3,(H,20,25). The first-order valence-corrected chi connectivity index (χ1v) is 9.31. The van der Waals surface area contributed by atoms with Gasteiger partial charge in [-0.15, -0.1) is 0 Å². The largest absolute Gasteiger partial charge is 0.353 e. The zero-order chi connectivity index (χ0) is 18.1. The maximum absolute atomic E-state index is 12.7. The van der Waals surface area contributed by atoms with Gasteiger partial charge in [-0.1, -0.05) is 12.1 Å². The number of carbonyl (C=O) groups is 1. The number of nitrogens with zero attached hydrogens (tertiary/aromatic N) is 5. The molecule has 3 aromatic rings. The molecule has 7 nitrogen and oxygen atoms in total. The van der Waals surface area contributed by atoms with Gasteiger partial charge in [0.1, 0.15) is 16.9 Å². The van der Waals surface area contributed by atoms with Crippen LogP contribution in [0.2, 0.25) is 0 Å². The van der Waals surface area contributed by atoms with Gasteiger partial charge in [-0.3, -0.25) is 0 Å². The molecule has 0 spiro atoms. The van der Waals surface area contributed by atoms with Gasteiger partial charge >= 0.3 is 6.03 Å². The van der Waals surface area contributed by atoms with Gasteiger partial charge < -0.3 is 15.1 Å². The lowest BCUT2D eigenvalue weighted by Gasteiger charge is -2.36. The van der Waals surface area contributed by atoms with E-state index in [0.29, 0.717) is 13.1 Å². The van der Waals surface area contributed by atoms with E-state index in [9.17, 15) is 4.79 Å². The van der Waals surface area contributed by atoms with Crippen LogP contribution in [0, 0.1) is 13.8 Å². The summed E-state index contributed by atoms with van der Waals surface area (Å²) in [7, 11) is 0. The summed E-state index contributed by atoms with van der Waals surface area (Å²) >= 11 is 1.16. The molecule has 1 aliphatic rings. The lowest BCUT2D eigenvalue weighted by atomic mass is 10.1. The molecule has 0 saturated carbocycles. The first kappa shape index (κ1) is 16.7. The minimum Gasteiger partial charge on any atom is -0.353 e. The van der Waals surface area contributed by atoms with Crippen LogP contribution in [0.15, 0.2) is 30.5 Å². The van der Waals surface area contributed by atoms with E-state index in [-0.39, 0.29) is 6.03 Å². The van der Waals surface area contributed by atoms with E-state index < -0.39 is 0 Å². The highest BCUT2D eigenvalue weighted by Crippen LogP contribution is 2.26. The fraction of sp³-hybridized carbons (Fsp3) is 0.333. The second-order valence-corrected chi connectivity index (χ2v) is 6.97. The van der Waals surface area contributed by atoms with Crippen LogP contribution >= 0.6 is 11.7 Å². The molecule has 4 rings (SSSR count). The zero-order valence-corrected chi connectivity index (χ0v) is 15.6. The third-order valence-corrected chi connectivity index (χ3v) is 5.26. The van der Waals surface area contributed by atoms with Crippen LogP contribution in [0.25, 0.3) is 11.0 Å². The van der Waals surface area contributed by atoms with Crippen molar-refractivity contribution in [1.29, 1.82) is 0 Å². The summed E-state index contributed by atoms with van der Waals surface area (Å²) in [6.45, 7) is 6.89. The smallest absolute Gasteiger partial charge is 0.322 e. The van der Waals surface area contributed by atoms with E-state index in [0.717, 1.165) is 58.5 Å². The number of aryl methyl sites for hydroxylation is 2. The van der Waals surface area contributed by atoms with E-state index >= 15 is 0 Å². The molecule has 1 aromatic carbocycles. The highest BCUT2D eigenvalue weighted by Gasteiger charge is 2.23. The van der Waals surface area contributed by atoms with E-state index in [1.54, 1.807) is 0 Å². The maximum Gasteiger partial charge on any atom is 0.322 e. The van der Waals surface area contributed by atoms with Gasteiger partial charge in [0, 0.05) is 32.4 Å². The Labute approximate surface area is 156 Å². The molecule has 1 aliphatic heterocycles. The highest BCUT2D eigenvalue weighted by molar-refractivity contribution is 7.00. The fourth-order valence-corrected chi connectivity index (χ4v) is 3.77. The topological polar surface area (TPSA) is 74.2 Å². The van der Waals surface area contributed by atoms with Crippen LogP contribution in [0.5, 0.6) is 0 Å². The number of carbonyl (C=O) groups excluding carboxylic acids is 1. The summed E-state index contributed by atoms with van der Waals surface area (Å²) in [5.41, 5.74) is 4.46. The molecule has 26 heavy (non-hydrogen) atoms. The Kier molecular flexibility index (Phi) is 4.42. The molecule has 0 radical (unpaired) electrons. The minimum absolute atomic E-state index is 0.0917. The van der Waals surface area contributed by atoms with Gasteiger partial charge in [-0.25, -0.2) is 9.78 Å². The molecular weight excluding hydrogens is 348 g/mol. The second-order valence-electron chi connectivity index (χ2n) is 6.44. The van der Waals surface area contributed by atoms with Crippen molar-refractivity contribution in [2.24, 2.45) is 0 Å². The van der Waals surface area contributed by atoms with Crippen molar-refractivity contribution in [2.75, 3.05) is 36.4 Å². The summed E-state index contributed by atoms with van der Waals surface area (Å²) in [5.74, 6) is 1.00. The number of piperazine rings is 1. The first-order chi connectivity index (χ1) is 12.6. The molecule has 2 amide bonds. The van der Waals surface area contributed by atoms with Crippen LogP contribution in [-0.2, 0) is 0 Å². The Morgan fingerprint density at radius 3 is 2.65 bits per heavy atom. The predicted molar refractivity (Wildman–Crippen MR) is 104 cm³/mol. The third-order valence-electron chi connectivity index (χ3n) is 4.72. The molecule has 1 N–H and O–H groups in total. The van der Waals surface area contributed by atoms with Crippen molar-refractivity contribution in [2.45, 2.75) is 13.8 Å².